The van der Waals surface area contributed by atoms with Gasteiger partial charge in [0.25, 0.3) is 0 Å². The molecular weight excluding hydrogens is 240 g/mol. The molecule has 0 aromatic heterocycles. The SMILES string of the molecule is O=[C]C(OC(=O)Cc1ccccc1)c1ccccc1. The van der Waals surface area contributed by atoms with Crippen molar-refractivity contribution in [2.45, 2.75) is 12.5 Å². The van der Waals surface area contributed by atoms with E-state index in [1.807, 2.05) is 36.4 Å². The summed E-state index contributed by atoms with van der Waals surface area (Å²) in [6.07, 6.45) is 0.926. The van der Waals surface area contributed by atoms with E-state index in [1.165, 1.54) is 0 Å². The van der Waals surface area contributed by atoms with Crippen LogP contribution in [0.2, 0.25) is 0 Å². The zero-order valence-corrected chi connectivity index (χ0v) is 10.3. The molecule has 0 fully saturated rings. The second-order valence-corrected chi connectivity index (χ2v) is 4.06. The van der Waals surface area contributed by atoms with Gasteiger partial charge in [-0.3, -0.25) is 9.59 Å². The Morgan fingerprint density at radius 2 is 1.58 bits per heavy atom. The minimum Gasteiger partial charge on any atom is -0.449 e. The molecule has 19 heavy (non-hydrogen) atoms. The van der Waals surface area contributed by atoms with E-state index in [9.17, 15) is 9.59 Å². The molecule has 0 aliphatic heterocycles. The van der Waals surface area contributed by atoms with E-state index in [-0.39, 0.29) is 6.42 Å². The summed E-state index contributed by atoms with van der Waals surface area (Å²) in [4.78, 5) is 22.6. The van der Waals surface area contributed by atoms with Gasteiger partial charge in [0.1, 0.15) is 0 Å². The Balaban J connectivity index is 1.99. The van der Waals surface area contributed by atoms with Crippen LogP contribution in [-0.4, -0.2) is 12.3 Å². The summed E-state index contributed by atoms with van der Waals surface area (Å²) in [5.74, 6) is -0.441. The summed E-state index contributed by atoms with van der Waals surface area (Å²) in [5, 5.41) is 0. The number of esters is 1. The predicted molar refractivity (Wildman–Crippen MR) is 71.1 cm³/mol. The van der Waals surface area contributed by atoms with Gasteiger partial charge in [-0.1, -0.05) is 60.7 Å². The van der Waals surface area contributed by atoms with Gasteiger partial charge in [0.05, 0.1) is 6.42 Å². The van der Waals surface area contributed by atoms with Crippen molar-refractivity contribution in [3.8, 4) is 0 Å². The maximum Gasteiger partial charge on any atom is 0.311 e. The zero-order chi connectivity index (χ0) is 13.5. The minimum atomic E-state index is -0.961. The molecule has 2 aromatic carbocycles. The molecular formula is C16H13O3. The van der Waals surface area contributed by atoms with Gasteiger partial charge in [0.15, 0.2) is 6.10 Å². The number of benzene rings is 2. The Kier molecular flexibility index (Phi) is 4.45. The Labute approximate surface area is 111 Å². The fourth-order valence-electron chi connectivity index (χ4n) is 1.72. The fraction of sp³-hybridized carbons (Fsp3) is 0.125. The molecule has 3 heteroatoms. The Morgan fingerprint density at radius 3 is 2.16 bits per heavy atom. The summed E-state index contributed by atoms with van der Waals surface area (Å²) in [6.45, 7) is 0. The highest BCUT2D eigenvalue weighted by molar-refractivity contribution is 5.75. The Morgan fingerprint density at radius 1 is 1.00 bits per heavy atom. The maximum absolute atomic E-state index is 11.8. The van der Waals surface area contributed by atoms with Crippen LogP contribution in [-0.2, 0) is 20.7 Å². The van der Waals surface area contributed by atoms with Gasteiger partial charge >= 0.3 is 5.97 Å². The topological polar surface area (TPSA) is 43.4 Å². The van der Waals surface area contributed by atoms with E-state index in [4.69, 9.17) is 4.74 Å². The van der Waals surface area contributed by atoms with Gasteiger partial charge < -0.3 is 4.74 Å². The Bertz CT molecular complexity index is 534. The second-order valence-electron chi connectivity index (χ2n) is 4.06. The van der Waals surface area contributed by atoms with Gasteiger partial charge in [0, 0.05) is 5.56 Å². The third kappa shape index (κ3) is 3.78. The van der Waals surface area contributed by atoms with Crippen molar-refractivity contribution in [1.29, 1.82) is 0 Å². The highest BCUT2D eigenvalue weighted by Gasteiger charge is 2.16. The standard InChI is InChI=1S/C16H13O3/c17-12-15(14-9-5-2-6-10-14)19-16(18)11-13-7-3-1-4-8-13/h1-10,15H,11H2. The van der Waals surface area contributed by atoms with E-state index < -0.39 is 12.1 Å². The highest BCUT2D eigenvalue weighted by atomic mass is 16.5. The molecule has 2 aromatic rings. The Hall–Kier alpha value is -2.42. The molecule has 1 unspecified atom stereocenters. The molecule has 95 valence electrons. The van der Waals surface area contributed by atoms with Gasteiger partial charge in [0.2, 0.25) is 6.29 Å². The van der Waals surface area contributed by atoms with Crippen molar-refractivity contribution in [3.63, 3.8) is 0 Å². The maximum atomic E-state index is 11.8. The summed E-state index contributed by atoms with van der Waals surface area (Å²) in [7, 11) is 0. The summed E-state index contributed by atoms with van der Waals surface area (Å²) in [6, 6.07) is 18.1. The third-order valence-corrected chi connectivity index (χ3v) is 2.65. The number of carbonyl (C=O) groups is 1. The van der Waals surface area contributed by atoms with Crippen molar-refractivity contribution in [1.82, 2.24) is 0 Å². The fourth-order valence-corrected chi connectivity index (χ4v) is 1.72. The molecule has 2 rings (SSSR count). The number of hydrogen-bond donors (Lipinski definition) is 0. The normalized spacial score (nSPS) is 11.6. The number of hydrogen-bond acceptors (Lipinski definition) is 3. The van der Waals surface area contributed by atoms with Crippen molar-refractivity contribution in [2.24, 2.45) is 0 Å². The second kappa shape index (κ2) is 6.50. The average molecular weight is 253 g/mol. The summed E-state index contributed by atoms with van der Waals surface area (Å²) in [5.41, 5.74) is 1.48. The molecule has 0 saturated heterocycles. The molecule has 0 bridgehead atoms. The quantitative estimate of drug-likeness (QED) is 0.769. The number of carbonyl (C=O) groups excluding carboxylic acids is 2. The predicted octanol–water partition coefficient (Wildman–Crippen LogP) is 2.62. The number of ether oxygens (including phenoxy) is 1. The molecule has 0 aliphatic rings. The van der Waals surface area contributed by atoms with Crippen LogP contribution in [0, 0.1) is 0 Å². The lowest BCUT2D eigenvalue weighted by Crippen LogP contribution is -2.14. The molecule has 1 radical (unpaired) electrons. The summed E-state index contributed by atoms with van der Waals surface area (Å²) < 4.78 is 5.13. The van der Waals surface area contributed by atoms with Crippen LogP contribution in [0.25, 0.3) is 0 Å². The number of rotatable bonds is 5. The third-order valence-electron chi connectivity index (χ3n) is 2.65. The minimum absolute atomic E-state index is 0.145. The van der Waals surface area contributed by atoms with E-state index in [2.05, 4.69) is 0 Å². The van der Waals surface area contributed by atoms with Crippen molar-refractivity contribution in [2.75, 3.05) is 0 Å². The van der Waals surface area contributed by atoms with Gasteiger partial charge in [-0.05, 0) is 5.56 Å². The first-order valence-corrected chi connectivity index (χ1v) is 5.95. The molecule has 1 atom stereocenters. The highest BCUT2D eigenvalue weighted by Crippen LogP contribution is 2.15. The van der Waals surface area contributed by atoms with Crippen LogP contribution in [0.15, 0.2) is 60.7 Å². The van der Waals surface area contributed by atoms with E-state index in [0.29, 0.717) is 5.56 Å². The lowest BCUT2D eigenvalue weighted by Gasteiger charge is -2.11. The van der Waals surface area contributed by atoms with Gasteiger partial charge in [-0.25, -0.2) is 0 Å². The van der Waals surface area contributed by atoms with E-state index in [1.54, 1.807) is 30.6 Å². The molecule has 0 aliphatic carbocycles. The van der Waals surface area contributed by atoms with Crippen LogP contribution in [0.4, 0.5) is 0 Å². The molecule has 0 spiro atoms. The lowest BCUT2D eigenvalue weighted by molar-refractivity contribution is -0.145. The van der Waals surface area contributed by atoms with Crippen molar-refractivity contribution < 1.29 is 14.3 Å². The van der Waals surface area contributed by atoms with E-state index in [0.717, 1.165) is 5.56 Å². The molecule has 0 N–H and O–H groups in total. The summed E-state index contributed by atoms with van der Waals surface area (Å²) >= 11 is 0. The molecule has 3 nitrogen and oxygen atoms in total. The first kappa shape index (κ1) is 13.0. The smallest absolute Gasteiger partial charge is 0.311 e. The van der Waals surface area contributed by atoms with Crippen LogP contribution in [0.5, 0.6) is 0 Å². The van der Waals surface area contributed by atoms with Crippen molar-refractivity contribution >= 4 is 12.3 Å². The van der Waals surface area contributed by atoms with E-state index >= 15 is 0 Å². The van der Waals surface area contributed by atoms with Crippen LogP contribution in [0.3, 0.4) is 0 Å². The zero-order valence-electron chi connectivity index (χ0n) is 10.3. The monoisotopic (exact) mass is 253 g/mol. The first-order valence-electron chi connectivity index (χ1n) is 5.95. The van der Waals surface area contributed by atoms with Gasteiger partial charge in [-0.15, -0.1) is 0 Å². The average Bonchev–Trinajstić information content (AvgIpc) is 2.47. The molecule has 0 heterocycles. The van der Waals surface area contributed by atoms with Crippen molar-refractivity contribution in [3.05, 3.63) is 71.8 Å². The van der Waals surface area contributed by atoms with Crippen LogP contribution >= 0.6 is 0 Å². The molecule has 0 saturated carbocycles. The first-order chi connectivity index (χ1) is 9.29. The van der Waals surface area contributed by atoms with Gasteiger partial charge in [-0.2, -0.15) is 0 Å². The van der Waals surface area contributed by atoms with Crippen LogP contribution in [0.1, 0.15) is 17.2 Å². The lowest BCUT2D eigenvalue weighted by atomic mass is 10.1. The largest absolute Gasteiger partial charge is 0.449 e. The van der Waals surface area contributed by atoms with Crippen LogP contribution < -0.4 is 0 Å². The molecule has 0 amide bonds.